The van der Waals surface area contributed by atoms with Crippen molar-refractivity contribution in [1.82, 2.24) is 4.90 Å². The molecule has 2 aliphatic rings. The number of likely N-dealkylation sites (tertiary alicyclic amines) is 1. The van der Waals surface area contributed by atoms with E-state index < -0.39 is 15.4 Å². The van der Waals surface area contributed by atoms with Gasteiger partial charge in [0.2, 0.25) is 0 Å². The Morgan fingerprint density at radius 1 is 1.06 bits per heavy atom. The average molecular weight is 515 g/mol. The first kappa shape index (κ1) is 26.5. The van der Waals surface area contributed by atoms with Crippen LogP contribution in [0, 0.1) is 0 Å². The highest BCUT2D eigenvalue weighted by Crippen LogP contribution is 2.41. The number of carbonyl (C=O) groups excluding carboxylic acids is 1. The number of nitrogens with two attached hydrogens (primary N) is 1. The van der Waals surface area contributed by atoms with Crippen molar-refractivity contribution in [2.45, 2.75) is 69.8 Å². The van der Waals surface area contributed by atoms with Crippen molar-refractivity contribution in [3.05, 3.63) is 53.6 Å². The van der Waals surface area contributed by atoms with E-state index in [1.54, 1.807) is 4.90 Å². The number of hydrogen-bond donors (Lipinski definition) is 1. The van der Waals surface area contributed by atoms with Gasteiger partial charge in [0, 0.05) is 25.9 Å². The highest BCUT2D eigenvalue weighted by atomic mass is 32.2. The Hall–Kier alpha value is -2.58. The lowest BCUT2D eigenvalue weighted by atomic mass is 9.82. The largest absolute Gasteiger partial charge is 0.487 e. The van der Waals surface area contributed by atoms with E-state index >= 15 is 0 Å². The molecular formula is C28H38N2O5S. The summed E-state index contributed by atoms with van der Waals surface area (Å²) in [6.45, 7) is 7.30. The van der Waals surface area contributed by atoms with Gasteiger partial charge < -0.3 is 20.1 Å². The van der Waals surface area contributed by atoms with Crippen LogP contribution >= 0.6 is 0 Å². The van der Waals surface area contributed by atoms with E-state index in [1.807, 2.05) is 51.1 Å². The summed E-state index contributed by atoms with van der Waals surface area (Å²) in [7, 11) is -3.14. The number of piperidine rings is 1. The molecule has 0 aromatic heterocycles. The summed E-state index contributed by atoms with van der Waals surface area (Å²) in [5, 5.41) is 0. The molecule has 1 fully saturated rings. The Balaban J connectivity index is 1.38. The number of amides is 1. The molecule has 4 rings (SSSR count). The molecular weight excluding hydrogens is 476 g/mol. The number of hydrogen-bond acceptors (Lipinski definition) is 6. The van der Waals surface area contributed by atoms with E-state index in [2.05, 4.69) is 12.1 Å². The summed E-state index contributed by atoms with van der Waals surface area (Å²) >= 11 is 0. The minimum Gasteiger partial charge on any atom is -0.487 e. The SMILES string of the molecule is CC(C)(C)OC(=O)N1CCC2(CCc3cc(-c4ccc(CS(=O)(=O)CCCN)cc4)ccc3O2)CC1. The number of sulfone groups is 1. The predicted molar refractivity (Wildman–Crippen MR) is 142 cm³/mol. The van der Waals surface area contributed by atoms with Gasteiger partial charge in [0.25, 0.3) is 0 Å². The first-order valence-electron chi connectivity index (χ1n) is 12.8. The van der Waals surface area contributed by atoms with Crippen molar-refractivity contribution in [3.8, 4) is 16.9 Å². The zero-order valence-electron chi connectivity index (χ0n) is 21.6. The van der Waals surface area contributed by atoms with E-state index in [0.29, 0.717) is 26.1 Å². The lowest BCUT2D eigenvalue weighted by Gasteiger charge is -2.44. The zero-order chi connectivity index (χ0) is 26.0. The maximum atomic E-state index is 12.4. The number of nitrogens with zero attached hydrogens (tertiary/aromatic N) is 1. The molecule has 36 heavy (non-hydrogen) atoms. The smallest absolute Gasteiger partial charge is 0.410 e. The molecule has 1 amide bonds. The quantitative estimate of drug-likeness (QED) is 0.599. The van der Waals surface area contributed by atoms with Crippen LogP contribution in [0.4, 0.5) is 4.79 Å². The molecule has 2 aliphatic heterocycles. The van der Waals surface area contributed by atoms with Gasteiger partial charge >= 0.3 is 6.09 Å². The Labute approximate surface area is 214 Å². The topological polar surface area (TPSA) is 98.9 Å². The highest BCUT2D eigenvalue weighted by Gasteiger charge is 2.41. The minimum atomic E-state index is -3.14. The van der Waals surface area contributed by atoms with Gasteiger partial charge in [0.05, 0.1) is 11.5 Å². The lowest BCUT2D eigenvalue weighted by molar-refractivity contribution is -0.0272. The maximum absolute atomic E-state index is 12.4. The van der Waals surface area contributed by atoms with Gasteiger partial charge in [-0.2, -0.15) is 0 Å². The second kappa shape index (κ2) is 10.4. The van der Waals surface area contributed by atoms with Crippen molar-refractivity contribution in [2.75, 3.05) is 25.4 Å². The fourth-order valence-corrected chi connectivity index (χ4v) is 6.35. The Kier molecular flexibility index (Phi) is 7.67. The van der Waals surface area contributed by atoms with Crippen LogP contribution in [0.2, 0.25) is 0 Å². The zero-order valence-corrected chi connectivity index (χ0v) is 22.4. The van der Waals surface area contributed by atoms with Gasteiger partial charge in [-0.05, 0) is 81.0 Å². The second-order valence-corrected chi connectivity index (χ2v) is 13.2. The molecule has 0 unspecified atom stereocenters. The van der Waals surface area contributed by atoms with Crippen LogP contribution in [0.1, 0.15) is 57.6 Å². The molecule has 2 heterocycles. The molecule has 196 valence electrons. The molecule has 2 aromatic rings. The number of benzene rings is 2. The van der Waals surface area contributed by atoms with Crippen molar-refractivity contribution in [1.29, 1.82) is 0 Å². The van der Waals surface area contributed by atoms with Gasteiger partial charge in [-0.25, -0.2) is 13.2 Å². The number of fused-ring (bicyclic) bond motifs is 1. The molecule has 1 spiro atoms. The lowest BCUT2D eigenvalue weighted by Crippen LogP contribution is -2.52. The summed E-state index contributed by atoms with van der Waals surface area (Å²) < 4.78 is 36.5. The summed E-state index contributed by atoms with van der Waals surface area (Å²) in [5.41, 5.74) is 8.83. The average Bonchev–Trinajstić information content (AvgIpc) is 2.82. The van der Waals surface area contributed by atoms with Crippen molar-refractivity contribution in [2.24, 2.45) is 5.73 Å². The normalized spacial score (nSPS) is 17.4. The number of rotatable bonds is 6. The first-order chi connectivity index (χ1) is 17.0. The molecule has 0 bridgehead atoms. The van der Waals surface area contributed by atoms with Gasteiger partial charge in [0.15, 0.2) is 9.84 Å². The molecule has 0 atom stereocenters. The van der Waals surface area contributed by atoms with Crippen molar-refractivity contribution < 1.29 is 22.7 Å². The maximum Gasteiger partial charge on any atom is 0.410 e. The van der Waals surface area contributed by atoms with Crippen LogP contribution in [0.25, 0.3) is 11.1 Å². The van der Waals surface area contributed by atoms with E-state index in [9.17, 15) is 13.2 Å². The van der Waals surface area contributed by atoms with Crippen LogP contribution in [-0.4, -0.2) is 56.0 Å². The van der Waals surface area contributed by atoms with Crippen LogP contribution in [-0.2, 0) is 26.7 Å². The number of carbonyl (C=O) groups is 1. The third kappa shape index (κ3) is 6.59. The van der Waals surface area contributed by atoms with E-state index in [1.165, 1.54) is 5.56 Å². The van der Waals surface area contributed by atoms with Gasteiger partial charge in [-0.3, -0.25) is 0 Å². The Morgan fingerprint density at radius 3 is 2.36 bits per heavy atom. The molecule has 0 aliphatic carbocycles. The summed E-state index contributed by atoms with van der Waals surface area (Å²) in [6.07, 6.45) is 3.67. The van der Waals surface area contributed by atoms with Crippen LogP contribution in [0.3, 0.4) is 0 Å². The van der Waals surface area contributed by atoms with E-state index in [4.69, 9.17) is 15.2 Å². The third-order valence-corrected chi connectivity index (χ3v) is 8.58. The first-order valence-corrected chi connectivity index (χ1v) is 14.6. The standard InChI is InChI=1S/C28H38N2O5S/c1-27(2,3)35-26(31)30-16-13-28(14-17-30)12-11-24-19-23(9-10-25(24)34-28)22-7-5-21(6-8-22)20-36(32,33)18-4-15-29/h5-10,19H,4,11-18,20,29H2,1-3H3. The monoisotopic (exact) mass is 514 g/mol. The molecule has 0 saturated carbocycles. The molecule has 8 heteroatoms. The fraction of sp³-hybridized carbons (Fsp3) is 0.536. The van der Waals surface area contributed by atoms with Crippen molar-refractivity contribution >= 4 is 15.9 Å². The Bertz CT molecular complexity index is 1180. The van der Waals surface area contributed by atoms with Gasteiger partial charge in [-0.15, -0.1) is 0 Å². The summed E-state index contributed by atoms with van der Waals surface area (Å²) in [6, 6.07) is 14.0. The molecule has 1 saturated heterocycles. The highest BCUT2D eigenvalue weighted by molar-refractivity contribution is 7.90. The summed E-state index contributed by atoms with van der Waals surface area (Å²) in [5.74, 6) is 1.08. The van der Waals surface area contributed by atoms with E-state index in [0.717, 1.165) is 48.1 Å². The second-order valence-electron chi connectivity index (χ2n) is 11.0. The molecule has 2 aromatic carbocycles. The third-order valence-electron chi connectivity index (χ3n) is 6.90. The predicted octanol–water partition coefficient (Wildman–Crippen LogP) is 4.71. The molecule has 7 nitrogen and oxygen atoms in total. The van der Waals surface area contributed by atoms with Crippen LogP contribution in [0.15, 0.2) is 42.5 Å². The molecule has 0 radical (unpaired) electrons. The van der Waals surface area contributed by atoms with Crippen LogP contribution in [0.5, 0.6) is 5.75 Å². The number of ether oxygens (including phenoxy) is 2. The summed E-state index contributed by atoms with van der Waals surface area (Å²) in [4.78, 5) is 14.2. The van der Waals surface area contributed by atoms with Crippen molar-refractivity contribution in [3.63, 3.8) is 0 Å². The number of aryl methyl sites for hydroxylation is 1. The van der Waals surface area contributed by atoms with E-state index in [-0.39, 0.29) is 23.2 Å². The Morgan fingerprint density at radius 2 is 1.72 bits per heavy atom. The van der Waals surface area contributed by atoms with Crippen LogP contribution < -0.4 is 10.5 Å². The van der Waals surface area contributed by atoms with Gasteiger partial charge in [0.1, 0.15) is 17.0 Å². The van der Waals surface area contributed by atoms with Gasteiger partial charge in [-0.1, -0.05) is 30.3 Å². The molecule has 2 N–H and O–H groups in total. The minimum absolute atomic E-state index is 0.0404. The fourth-order valence-electron chi connectivity index (χ4n) is 4.90.